The molecule has 0 radical (unpaired) electrons. The fourth-order valence-corrected chi connectivity index (χ4v) is 2.93. The standard InChI is InChI=1S/C14H17BrO6/c1-4-21-10(16)8-14(13(18)20-3)7-5-6-9(11(14)15)12(17)19-2/h5-7,11H,4,8H2,1-3H3. The number of methoxy groups -OCH3 is 2. The van der Waals surface area contributed by atoms with Gasteiger partial charge in [-0.3, -0.25) is 9.59 Å². The summed E-state index contributed by atoms with van der Waals surface area (Å²) < 4.78 is 14.4. The quantitative estimate of drug-likeness (QED) is 0.420. The number of halogens is 1. The molecule has 0 bridgehead atoms. The summed E-state index contributed by atoms with van der Waals surface area (Å²) in [6.45, 7) is 1.87. The van der Waals surface area contributed by atoms with Crippen molar-refractivity contribution in [2.75, 3.05) is 20.8 Å². The maximum atomic E-state index is 12.2. The molecule has 21 heavy (non-hydrogen) atoms. The Morgan fingerprint density at radius 1 is 1.29 bits per heavy atom. The van der Waals surface area contributed by atoms with Crippen molar-refractivity contribution in [3.8, 4) is 0 Å². The molecular weight excluding hydrogens is 344 g/mol. The number of carbonyl (C=O) groups is 3. The van der Waals surface area contributed by atoms with Crippen LogP contribution < -0.4 is 0 Å². The predicted molar refractivity (Wildman–Crippen MR) is 77.7 cm³/mol. The smallest absolute Gasteiger partial charge is 0.334 e. The Kier molecular flexibility index (Phi) is 6.14. The minimum absolute atomic E-state index is 0.201. The highest BCUT2D eigenvalue weighted by Crippen LogP contribution is 2.42. The molecule has 0 fully saturated rings. The van der Waals surface area contributed by atoms with Crippen molar-refractivity contribution in [2.24, 2.45) is 5.41 Å². The molecule has 0 aromatic heterocycles. The molecule has 0 saturated heterocycles. The Morgan fingerprint density at radius 2 is 1.95 bits per heavy atom. The molecule has 2 atom stereocenters. The summed E-state index contributed by atoms with van der Waals surface area (Å²) in [5.41, 5.74) is -1.12. The molecular formula is C14H17BrO6. The molecule has 0 aromatic carbocycles. The number of alkyl halides is 1. The maximum absolute atomic E-state index is 12.2. The zero-order valence-corrected chi connectivity index (χ0v) is 13.6. The van der Waals surface area contributed by atoms with Gasteiger partial charge in [0.05, 0.1) is 37.6 Å². The molecule has 0 amide bonds. The first kappa shape index (κ1) is 17.4. The van der Waals surface area contributed by atoms with Gasteiger partial charge < -0.3 is 14.2 Å². The fourth-order valence-electron chi connectivity index (χ4n) is 2.09. The molecule has 6 nitrogen and oxygen atoms in total. The van der Waals surface area contributed by atoms with Crippen molar-refractivity contribution >= 4 is 33.8 Å². The van der Waals surface area contributed by atoms with Crippen molar-refractivity contribution in [3.05, 3.63) is 23.8 Å². The van der Waals surface area contributed by atoms with Crippen molar-refractivity contribution in [1.82, 2.24) is 0 Å². The lowest BCUT2D eigenvalue weighted by molar-refractivity contribution is -0.157. The average molecular weight is 361 g/mol. The van der Waals surface area contributed by atoms with Crippen LogP contribution in [-0.2, 0) is 28.6 Å². The fraction of sp³-hybridized carbons (Fsp3) is 0.500. The Labute approximate surface area is 131 Å². The summed E-state index contributed by atoms with van der Waals surface area (Å²) in [4.78, 5) is 35.0. The molecule has 1 rings (SSSR count). The van der Waals surface area contributed by atoms with Gasteiger partial charge in [-0.25, -0.2) is 4.79 Å². The van der Waals surface area contributed by atoms with Gasteiger partial charge in [0.25, 0.3) is 0 Å². The van der Waals surface area contributed by atoms with Crippen molar-refractivity contribution < 1.29 is 28.6 Å². The zero-order chi connectivity index (χ0) is 16.0. The highest BCUT2D eigenvalue weighted by atomic mass is 79.9. The van der Waals surface area contributed by atoms with E-state index >= 15 is 0 Å². The summed E-state index contributed by atoms with van der Waals surface area (Å²) >= 11 is 3.31. The molecule has 0 spiro atoms. The molecule has 2 unspecified atom stereocenters. The summed E-state index contributed by atoms with van der Waals surface area (Å²) in [6, 6.07) is 0. The summed E-state index contributed by atoms with van der Waals surface area (Å²) in [5.74, 6) is -1.77. The average Bonchev–Trinajstić information content (AvgIpc) is 2.48. The number of allylic oxidation sites excluding steroid dienone is 2. The van der Waals surface area contributed by atoms with Gasteiger partial charge >= 0.3 is 17.9 Å². The third-order valence-electron chi connectivity index (χ3n) is 3.12. The second-order valence-electron chi connectivity index (χ2n) is 4.35. The largest absolute Gasteiger partial charge is 0.468 e. The van der Waals surface area contributed by atoms with Gasteiger partial charge in [-0.1, -0.05) is 34.2 Å². The number of hydrogen-bond donors (Lipinski definition) is 0. The maximum Gasteiger partial charge on any atom is 0.334 e. The van der Waals surface area contributed by atoms with Gasteiger partial charge in [-0.15, -0.1) is 0 Å². The van der Waals surface area contributed by atoms with Crippen molar-refractivity contribution in [2.45, 2.75) is 18.2 Å². The minimum atomic E-state index is -1.35. The molecule has 0 aromatic rings. The van der Waals surface area contributed by atoms with Gasteiger partial charge in [-0.2, -0.15) is 0 Å². The van der Waals surface area contributed by atoms with E-state index in [9.17, 15) is 14.4 Å². The van der Waals surface area contributed by atoms with Crippen LogP contribution in [0.2, 0.25) is 0 Å². The minimum Gasteiger partial charge on any atom is -0.468 e. The highest BCUT2D eigenvalue weighted by molar-refractivity contribution is 9.09. The first-order valence-electron chi connectivity index (χ1n) is 6.28. The van der Waals surface area contributed by atoms with E-state index in [0.717, 1.165) is 0 Å². The van der Waals surface area contributed by atoms with Crippen LogP contribution in [0, 0.1) is 5.41 Å². The van der Waals surface area contributed by atoms with E-state index in [1.54, 1.807) is 6.92 Å². The number of esters is 3. The molecule has 0 heterocycles. The number of ether oxygens (including phenoxy) is 3. The molecule has 0 N–H and O–H groups in total. The van der Waals surface area contributed by atoms with E-state index in [0.29, 0.717) is 0 Å². The second kappa shape index (κ2) is 7.40. The van der Waals surface area contributed by atoms with Crippen molar-refractivity contribution in [1.29, 1.82) is 0 Å². The third kappa shape index (κ3) is 3.53. The number of hydrogen-bond acceptors (Lipinski definition) is 6. The summed E-state index contributed by atoms with van der Waals surface area (Å²) in [5, 5.41) is 0. The highest BCUT2D eigenvalue weighted by Gasteiger charge is 2.50. The third-order valence-corrected chi connectivity index (χ3v) is 4.43. The lowest BCUT2D eigenvalue weighted by Gasteiger charge is -2.34. The van der Waals surface area contributed by atoms with E-state index in [1.807, 2.05) is 0 Å². The van der Waals surface area contributed by atoms with Crippen LogP contribution in [0.15, 0.2) is 23.8 Å². The van der Waals surface area contributed by atoms with Gasteiger partial charge in [0.1, 0.15) is 5.41 Å². The molecule has 0 saturated carbocycles. The van der Waals surface area contributed by atoms with Crippen LogP contribution in [0.5, 0.6) is 0 Å². The van der Waals surface area contributed by atoms with Crippen LogP contribution in [0.25, 0.3) is 0 Å². The molecule has 7 heteroatoms. The molecule has 1 aliphatic rings. The van der Waals surface area contributed by atoms with Gasteiger partial charge in [-0.05, 0) is 6.92 Å². The normalized spacial score (nSPS) is 24.0. The molecule has 116 valence electrons. The van der Waals surface area contributed by atoms with E-state index in [-0.39, 0.29) is 18.6 Å². The van der Waals surface area contributed by atoms with E-state index in [4.69, 9.17) is 9.47 Å². The van der Waals surface area contributed by atoms with Gasteiger partial charge in [0.2, 0.25) is 0 Å². The van der Waals surface area contributed by atoms with E-state index in [2.05, 4.69) is 20.7 Å². The zero-order valence-electron chi connectivity index (χ0n) is 12.1. The molecule has 0 aliphatic heterocycles. The Morgan fingerprint density at radius 3 is 2.48 bits per heavy atom. The summed E-state index contributed by atoms with van der Waals surface area (Å²) in [7, 11) is 2.46. The summed E-state index contributed by atoms with van der Waals surface area (Å²) in [6.07, 6.45) is 4.34. The van der Waals surface area contributed by atoms with Crippen LogP contribution in [0.1, 0.15) is 13.3 Å². The topological polar surface area (TPSA) is 78.9 Å². The first-order chi connectivity index (χ1) is 9.92. The van der Waals surface area contributed by atoms with Gasteiger partial charge in [0.15, 0.2) is 0 Å². The molecule has 1 aliphatic carbocycles. The van der Waals surface area contributed by atoms with E-state index in [1.165, 1.54) is 32.4 Å². The SMILES string of the molecule is CCOC(=O)CC1(C(=O)OC)C=CC=C(C(=O)OC)C1Br. The van der Waals surface area contributed by atoms with E-state index < -0.39 is 28.2 Å². The van der Waals surface area contributed by atoms with Crippen LogP contribution in [0.4, 0.5) is 0 Å². The van der Waals surface area contributed by atoms with Crippen LogP contribution in [0.3, 0.4) is 0 Å². The second-order valence-corrected chi connectivity index (χ2v) is 5.26. The Bertz CT molecular complexity index is 496. The lowest BCUT2D eigenvalue weighted by Crippen LogP contribution is -2.44. The Hall–Kier alpha value is -1.63. The lowest BCUT2D eigenvalue weighted by atomic mass is 9.75. The first-order valence-corrected chi connectivity index (χ1v) is 7.20. The van der Waals surface area contributed by atoms with Crippen molar-refractivity contribution in [3.63, 3.8) is 0 Å². The van der Waals surface area contributed by atoms with Crippen LogP contribution in [-0.4, -0.2) is 43.6 Å². The number of carbonyl (C=O) groups excluding carboxylic acids is 3. The predicted octanol–water partition coefficient (Wildman–Crippen LogP) is 1.53. The van der Waals surface area contributed by atoms with Gasteiger partial charge in [0, 0.05) is 0 Å². The van der Waals surface area contributed by atoms with Crippen LogP contribution >= 0.6 is 15.9 Å². The Balaban J connectivity index is 3.18. The monoisotopic (exact) mass is 360 g/mol. The number of rotatable bonds is 5.